The van der Waals surface area contributed by atoms with Crippen LogP contribution in [0.1, 0.15) is 25.0 Å². The Morgan fingerprint density at radius 2 is 1.56 bits per heavy atom. The summed E-state index contributed by atoms with van der Waals surface area (Å²) in [7, 11) is 0. The van der Waals surface area contributed by atoms with Gasteiger partial charge < -0.3 is 4.74 Å². The molecule has 0 saturated heterocycles. The number of carbonyl (C=O) groups excluding carboxylic acids is 1. The largest absolute Gasteiger partial charge is 0.444 e. The van der Waals surface area contributed by atoms with E-state index in [2.05, 4.69) is 38.1 Å². The second-order valence-corrected chi connectivity index (χ2v) is 7.34. The minimum absolute atomic E-state index is 0.263. The maximum Gasteiger partial charge on any atom is 0.419 e. The van der Waals surface area contributed by atoms with Crippen LogP contribution < -0.4 is 0 Å². The lowest BCUT2D eigenvalue weighted by atomic mass is 10.0. The summed E-state index contributed by atoms with van der Waals surface area (Å²) >= 11 is 0. The van der Waals surface area contributed by atoms with Crippen LogP contribution in [0, 0.1) is 5.92 Å². The van der Waals surface area contributed by atoms with E-state index >= 15 is 0 Å². The molecule has 4 rings (SSSR count). The lowest BCUT2D eigenvalue weighted by molar-refractivity contribution is 0.143. The number of ether oxygens (including phenoxy) is 1. The van der Waals surface area contributed by atoms with Gasteiger partial charge in [0.15, 0.2) is 0 Å². The predicted molar refractivity (Wildman–Crippen MR) is 110 cm³/mol. The van der Waals surface area contributed by atoms with Crippen molar-refractivity contribution >= 4 is 27.9 Å². The lowest BCUT2D eigenvalue weighted by Gasteiger charge is -2.09. The van der Waals surface area contributed by atoms with E-state index < -0.39 is 0 Å². The zero-order valence-corrected chi connectivity index (χ0v) is 15.7. The number of nitrogens with zero attached hydrogens (tertiary/aromatic N) is 1. The zero-order valence-electron chi connectivity index (χ0n) is 15.7. The van der Waals surface area contributed by atoms with E-state index in [1.165, 1.54) is 5.56 Å². The number of rotatable bonds is 4. The van der Waals surface area contributed by atoms with Gasteiger partial charge in [0.2, 0.25) is 0 Å². The first kappa shape index (κ1) is 17.3. The van der Waals surface area contributed by atoms with E-state index in [0.29, 0.717) is 5.92 Å². The van der Waals surface area contributed by atoms with Crippen LogP contribution in [0.5, 0.6) is 0 Å². The summed E-state index contributed by atoms with van der Waals surface area (Å²) in [5.74, 6) is 0.560. The van der Waals surface area contributed by atoms with Crippen molar-refractivity contribution in [1.82, 2.24) is 4.57 Å². The quantitative estimate of drug-likeness (QED) is 0.437. The van der Waals surface area contributed by atoms with Crippen LogP contribution in [0.25, 0.3) is 21.8 Å². The van der Waals surface area contributed by atoms with Gasteiger partial charge in [-0.15, -0.1) is 0 Å². The van der Waals surface area contributed by atoms with Crippen LogP contribution in [0.15, 0.2) is 72.8 Å². The molecule has 0 aliphatic rings. The van der Waals surface area contributed by atoms with E-state index in [9.17, 15) is 4.79 Å². The highest BCUT2D eigenvalue weighted by molar-refractivity contribution is 6.12. The molecular weight excluding hydrogens is 334 g/mol. The fourth-order valence-electron chi connectivity index (χ4n) is 3.60. The third-order valence-electron chi connectivity index (χ3n) is 4.77. The molecule has 4 aromatic rings. The van der Waals surface area contributed by atoms with Crippen LogP contribution in [0.4, 0.5) is 4.79 Å². The van der Waals surface area contributed by atoms with Crippen LogP contribution in [0.2, 0.25) is 0 Å². The van der Waals surface area contributed by atoms with Crippen LogP contribution in [-0.4, -0.2) is 10.7 Å². The van der Waals surface area contributed by atoms with Crippen molar-refractivity contribution in [3.8, 4) is 0 Å². The molecule has 0 atom stereocenters. The van der Waals surface area contributed by atoms with Crippen molar-refractivity contribution < 1.29 is 9.53 Å². The molecule has 27 heavy (non-hydrogen) atoms. The molecule has 3 heteroatoms. The maximum absolute atomic E-state index is 13.0. The smallest absolute Gasteiger partial charge is 0.419 e. The number of hydrogen-bond donors (Lipinski definition) is 0. The van der Waals surface area contributed by atoms with Gasteiger partial charge in [0.1, 0.15) is 6.61 Å². The van der Waals surface area contributed by atoms with Crippen molar-refractivity contribution in [1.29, 1.82) is 0 Å². The van der Waals surface area contributed by atoms with Crippen molar-refractivity contribution in [3.05, 3.63) is 83.9 Å². The van der Waals surface area contributed by atoms with Gasteiger partial charge in [-0.1, -0.05) is 74.5 Å². The number of benzene rings is 3. The third-order valence-corrected chi connectivity index (χ3v) is 4.77. The third kappa shape index (κ3) is 3.45. The first-order chi connectivity index (χ1) is 13.1. The topological polar surface area (TPSA) is 31.2 Å². The minimum atomic E-state index is -0.341. The summed E-state index contributed by atoms with van der Waals surface area (Å²) in [5, 5.41) is 2.15. The van der Waals surface area contributed by atoms with Crippen LogP contribution >= 0.6 is 0 Å². The minimum Gasteiger partial charge on any atom is -0.444 e. The highest BCUT2D eigenvalue weighted by atomic mass is 16.5. The molecular formula is C24H23NO2. The second kappa shape index (κ2) is 7.28. The van der Waals surface area contributed by atoms with Gasteiger partial charge in [0, 0.05) is 10.8 Å². The highest BCUT2D eigenvalue weighted by Gasteiger charge is 2.17. The Balaban J connectivity index is 1.77. The molecule has 0 spiro atoms. The second-order valence-electron chi connectivity index (χ2n) is 7.34. The van der Waals surface area contributed by atoms with Crippen molar-refractivity contribution in [3.63, 3.8) is 0 Å². The Labute approximate surface area is 159 Å². The van der Waals surface area contributed by atoms with Crippen molar-refractivity contribution in [2.45, 2.75) is 26.9 Å². The van der Waals surface area contributed by atoms with Gasteiger partial charge in [-0.3, -0.25) is 0 Å². The van der Waals surface area contributed by atoms with Gasteiger partial charge in [-0.2, -0.15) is 0 Å². The van der Waals surface area contributed by atoms with Gasteiger partial charge in [-0.25, -0.2) is 9.36 Å². The number of hydrogen-bond acceptors (Lipinski definition) is 2. The molecule has 136 valence electrons. The normalized spacial score (nSPS) is 11.4. The molecule has 1 aromatic heterocycles. The monoisotopic (exact) mass is 357 g/mol. The number of carbonyl (C=O) groups is 1. The molecule has 0 saturated carbocycles. The summed E-state index contributed by atoms with van der Waals surface area (Å²) in [6.07, 6.45) is 0.642. The molecule has 1 heterocycles. The molecule has 3 aromatic carbocycles. The molecule has 0 N–H and O–H groups in total. The SMILES string of the molecule is CC(C)Cc1ccc2c3ccccc3n(C(=O)OCc3ccccc3)c2c1. The zero-order chi connectivity index (χ0) is 18.8. The van der Waals surface area contributed by atoms with E-state index in [0.717, 1.165) is 33.8 Å². The Morgan fingerprint density at radius 3 is 2.33 bits per heavy atom. The summed E-state index contributed by atoms with van der Waals surface area (Å²) < 4.78 is 7.34. The Morgan fingerprint density at radius 1 is 0.852 bits per heavy atom. The first-order valence-electron chi connectivity index (χ1n) is 9.36. The fraction of sp³-hybridized carbons (Fsp3) is 0.208. The molecule has 0 fully saturated rings. The van der Waals surface area contributed by atoms with Gasteiger partial charge >= 0.3 is 6.09 Å². The summed E-state index contributed by atoms with van der Waals surface area (Å²) in [6.45, 7) is 4.67. The summed E-state index contributed by atoms with van der Waals surface area (Å²) in [4.78, 5) is 13.0. The highest BCUT2D eigenvalue weighted by Crippen LogP contribution is 2.30. The Kier molecular flexibility index (Phi) is 4.68. The lowest BCUT2D eigenvalue weighted by Crippen LogP contribution is -2.13. The summed E-state index contributed by atoms with van der Waals surface area (Å²) in [5.41, 5.74) is 4.00. The first-order valence-corrected chi connectivity index (χ1v) is 9.36. The maximum atomic E-state index is 13.0. The number of fused-ring (bicyclic) bond motifs is 3. The fourth-order valence-corrected chi connectivity index (χ4v) is 3.60. The molecule has 0 aliphatic carbocycles. The standard InChI is InChI=1S/C24H23NO2/c1-17(2)14-19-12-13-21-20-10-6-7-11-22(20)25(23(21)15-19)24(26)27-16-18-8-4-3-5-9-18/h3-13,15,17H,14,16H2,1-2H3. The Bertz CT molecular complexity index is 1090. The van der Waals surface area contributed by atoms with Crippen LogP contribution in [-0.2, 0) is 17.8 Å². The average Bonchev–Trinajstić information content (AvgIpc) is 3.00. The van der Waals surface area contributed by atoms with Crippen molar-refractivity contribution in [2.24, 2.45) is 5.92 Å². The molecule has 0 bridgehead atoms. The average molecular weight is 357 g/mol. The number of aromatic nitrogens is 1. The molecule has 0 radical (unpaired) electrons. The number of para-hydroxylation sites is 1. The van der Waals surface area contributed by atoms with E-state index in [-0.39, 0.29) is 12.7 Å². The van der Waals surface area contributed by atoms with E-state index in [1.807, 2.05) is 48.5 Å². The Hall–Kier alpha value is -3.07. The molecule has 3 nitrogen and oxygen atoms in total. The van der Waals surface area contributed by atoms with E-state index in [1.54, 1.807) is 4.57 Å². The van der Waals surface area contributed by atoms with Crippen molar-refractivity contribution in [2.75, 3.05) is 0 Å². The molecule has 0 unspecified atom stereocenters. The van der Waals surface area contributed by atoms with E-state index in [4.69, 9.17) is 4.74 Å². The van der Waals surface area contributed by atoms with Gasteiger partial charge in [-0.05, 0) is 35.6 Å². The molecule has 0 amide bonds. The molecule has 0 aliphatic heterocycles. The summed E-state index contributed by atoms with van der Waals surface area (Å²) in [6, 6.07) is 24.2. The van der Waals surface area contributed by atoms with Gasteiger partial charge in [0.05, 0.1) is 11.0 Å². The van der Waals surface area contributed by atoms with Gasteiger partial charge in [0.25, 0.3) is 0 Å². The predicted octanol–water partition coefficient (Wildman–Crippen LogP) is 6.18. The van der Waals surface area contributed by atoms with Crippen LogP contribution in [0.3, 0.4) is 0 Å².